The van der Waals surface area contributed by atoms with Crippen molar-refractivity contribution in [2.45, 2.75) is 27.7 Å². The third kappa shape index (κ3) is 3.88. The maximum atomic E-state index is 12.0. The number of thiocarbonyl (C=S) groups is 1. The smallest absolute Gasteiger partial charge is 0.341 e. The number of rotatable bonds is 3. The molecule has 2 N–H and O–H groups in total. The van der Waals surface area contributed by atoms with E-state index in [4.69, 9.17) is 28.6 Å². The van der Waals surface area contributed by atoms with Crippen LogP contribution in [0.5, 0.6) is 0 Å². The number of carbonyl (C=O) groups is 1. The molecule has 2 aromatic rings. The monoisotopic (exact) mass is 382 g/mol. The van der Waals surface area contributed by atoms with Gasteiger partial charge in [-0.1, -0.05) is 17.7 Å². The van der Waals surface area contributed by atoms with Crippen LogP contribution in [0, 0.1) is 27.7 Å². The number of benzene rings is 1. The van der Waals surface area contributed by atoms with Gasteiger partial charge in [-0.15, -0.1) is 11.3 Å². The molecule has 1 aromatic carbocycles. The summed E-state index contributed by atoms with van der Waals surface area (Å²) in [4.78, 5) is 13.0. The van der Waals surface area contributed by atoms with E-state index >= 15 is 0 Å². The molecular formula is C17H19ClN2O2S2. The number of carbonyl (C=O) groups excluding carboxylic acids is 1. The van der Waals surface area contributed by atoms with E-state index in [1.165, 1.54) is 18.4 Å². The Kier molecular flexibility index (Phi) is 5.85. The summed E-state index contributed by atoms with van der Waals surface area (Å²) >= 11 is 13.1. The van der Waals surface area contributed by atoms with Crippen LogP contribution in [0.15, 0.2) is 12.1 Å². The third-order valence-corrected chi connectivity index (χ3v) is 5.30. The van der Waals surface area contributed by atoms with E-state index in [9.17, 15) is 4.79 Å². The van der Waals surface area contributed by atoms with E-state index < -0.39 is 0 Å². The van der Waals surface area contributed by atoms with Crippen molar-refractivity contribution >= 4 is 56.9 Å². The van der Waals surface area contributed by atoms with Crippen molar-refractivity contribution in [1.82, 2.24) is 0 Å². The lowest BCUT2D eigenvalue weighted by Gasteiger charge is -2.14. The molecule has 0 aliphatic carbocycles. The first kappa shape index (κ1) is 18.7. The summed E-state index contributed by atoms with van der Waals surface area (Å²) in [7, 11) is 1.37. The van der Waals surface area contributed by atoms with Gasteiger partial charge in [-0.3, -0.25) is 0 Å². The van der Waals surface area contributed by atoms with Crippen LogP contribution in [-0.2, 0) is 4.74 Å². The maximum Gasteiger partial charge on any atom is 0.341 e. The van der Waals surface area contributed by atoms with Crippen LogP contribution in [-0.4, -0.2) is 18.2 Å². The Morgan fingerprint density at radius 1 is 1.21 bits per heavy atom. The van der Waals surface area contributed by atoms with Crippen molar-refractivity contribution in [1.29, 1.82) is 0 Å². The number of hydrogen-bond donors (Lipinski definition) is 2. The molecule has 1 heterocycles. The average molecular weight is 383 g/mol. The molecule has 0 bridgehead atoms. The predicted octanol–water partition coefficient (Wildman–Crippen LogP) is 5.23. The first-order valence-corrected chi connectivity index (χ1v) is 8.88. The number of halogens is 1. The molecule has 2 rings (SSSR count). The minimum Gasteiger partial charge on any atom is -0.465 e. The normalized spacial score (nSPS) is 10.4. The SMILES string of the molecule is COC(=O)c1c(NC(=S)Nc2c(C)cc(C)cc2Cl)sc(C)c1C. The van der Waals surface area contributed by atoms with Gasteiger partial charge in [0.15, 0.2) is 5.11 Å². The molecule has 0 amide bonds. The van der Waals surface area contributed by atoms with Gasteiger partial charge in [-0.05, 0) is 62.7 Å². The molecule has 0 aliphatic heterocycles. The molecule has 7 heteroatoms. The topological polar surface area (TPSA) is 50.4 Å². The highest BCUT2D eigenvalue weighted by Crippen LogP contribution is 2.33. The number of aryl methyl sites for hydroxylation is 3. The van der Waals surface area contributed by atoms with Crippen molar-refractivity contribution in [3.8, 4) is 0 Å². The molecule has 1 aromatic heterocycles. The molecule has 4 nitrogen and oxygen atoms in total. The van der Waals surface area contributed by atoms with Crippen LogP contribution < -0.4 is 10.6 Å². The van der Waals surface area contributed by atoms with Crippen LogP contribution in [0.4, 0.5) is 10.7 Å². The molecular weight excluding hydrogens is 364 g/mol. The lowest BCUT2D eigenvalue weighted by Crippen LogP contribution is -2.21. The van der Waals surface area contributed by atoms with Crippen molar-refractivity contribution in [3.63, 3.8) is 0 Å². The number of nitrogens with one attached hydrogen (secondary N) is 2. The van der Waals surface area contributed by atoms with Gasteiger partial charge < -0.3 is 15.4 Å². The summed E-state index contributed by atoms with van der Waals surface area (Å²) in [5.74, 6) is -0.383. The van der Waals surface area contributed by atoms with Crippen molar-refractivity contribution in [2.75, 3.05) is 17.7 Å². The van der Waals surface area contributed by atoms with E-state index in [-0.39, 0.29) is 5.97 Å². The summed E-state index contributed by atoms with van der Waals surface area (Å²) < 4.78 is 4.87. The molecule has 0 aliphatic rings. The van der Waals surface area contributed by atoms with Crippen LogP contribution in [0.2, 0.25) is 5.02 Å². The van der Waals surface area contributed by atoms with E-state index in [0.717, 1.165) is 27.3 Å². The number of thiophene rings is 1. The fraction of sp³-hybridized carbons (Fsp3) is 0.294. The first-order valence-electron chi connectivity index (χ1n) is 7.27. The summed E-state index contributed by atoms with van der Waals surface area (Å²) in [6.07, 6.45) is 0. The number of esters is 1. The highest BCUT2D eigenvalue weighted by molar-refractivity contribution is 7.80. The van der Waals surface area contributed by atoms with Crippen LogP contribution in [0.3, 0.4) is 0 Å². The van der Waals surface area contributed by atoms with Crippen LogP contribution in [0.1, 0.15) is 31.9 Å². The fourth-order valence-electron chi connectivity index (χ4n) is 2.38. The predicted molar refractivity (Wildman–Crippen MR) is 106 cm³/mol. The van der Waals surface area contributed by atoms with Crippen molar-refractivity contribution in [2.24, 2.45) is 0 Å². The minimum atomic E-state index is -0.383. The number of ether oxygens (including phenoxy) is 1. The Hall–Kier alpha value is -1.63. The quantitative estimate of drug-likeness (QED) is 0.562. The lowest BCUT2D eigenvalue weighted by atomic mass is 10.1. The molecule has 0 atom stereocenters. The van der Waals surface area contributed by atoms with Gasteiger partial charge in [-0.25, -0.2) is 4.79 Å². The second kappa shape index (κ2) is 7.51. The molecule has 0 fully saturated rings. The van der Waals surface area contributed by atoms with E-state index in [1.807, 2.05) is 39.8 Å². The first-order chi connectivity index (χ1) is 11.2. The standard InChI is InChI=1S/C17H19ClN2O2S2/c1-8-6-9(2)14(12(18)7-8)19-17(23)20-15-13(16(21)22-5)10(3)11(4)24-15/h6-7H,1-5H3,(H2,19,20,23). The summed E-state index contributed by atoms with van der Waals surface area (Å²) in [6, 6.07) is 3.90. The fourth-order valence-corrected chi connectivity index (χ4v) is 4.07. The van der Waals surface area contributed by atoms with E-state index in [1.54, 1.807) is 0 Å². The minimum absolute atomic E-state index is 0.371. The third-order valence-electron chi connectivity index (χ3n) is 3.67. The van der Waals surface area contributed by atoms with Crippen molar-refractivity contribution in [3.05, 3.63) is 44.3 Å². The van der Waals surface area contributed by atoms with Gasteiger partial charge in [0.25, 0.3) is 0 Å². The summed E-state index contributed by atoms with van der Waals surface area (Å²) in [6.45, 7) is 7.79. The highest BCUT2D eigenvalue weighted by Gasteiger charge is 2.21. The zero-order chi connectivity index (χ0) is 18.0. The van der Waals surface area contributed by atoms with Gasteiger partial charge in [0.1, 0.15) is 5.00 Å². The summed E-state index contributed by atoms with van der Waals surface area (Å²) in [5.41, 5.74) is 4.23. The Labute approximate surface area is 156 Å². The molecule has 128 valence electrons. The van der Waals surface area contributed by atoms with E-state index in [2.05, 4.69) is 10.6 Å². The van der Waals surface area contributed by atoms with Crippen LogP contribution >= 0.6 is 35.2 Å². The average Bonchev–Trinajstić information content (AvgIpc) is 2.76. The Morgan fingerprint density at radius 2 is 1.88 bits per heavy atom. The molecule has 0 saturated heterocycles. The molecule has 0 saturated carbocycles. The maximum absolute atomic E-state index is 12.0. The van der Waals surface area contributed by atoms with Gasteiger partial charge >= 0.3 is 5.97 Å². The molecule has 24 heavy (non-hydrogen) atoms. The Balaban J connectivity index is 2.26. The van der Waals surface area contributed by atoms with E-state index in [0.29, 0.717) is 20.7 Å². The summed E-state index contributed by atoms with van der Waals surface area (Å²) in [5, 5.41) is 7.83. The van der Waals surface area contributed by atoms with Crippen molar-refractivity contribution < 1.29 is 9.53 Å². The number of methoxy groups -OCH3 is 1. The molecule has 0 unspecified atom stereocenters. The van der Waals surface area contributed by atoms with Gasteiger partial charge in [0.05, 0.1) is 23.4 Å². The Morgan fingerprint density at radius 3 is 2.46 bits per heavy atom. The lowest BCUT2D eigenvalue weighted by molar-refractivity contribution is 0.0601. The van der Waals surface area contributed by atoms with Gasteiger partial charge in [-0.2, -0.15) is 0 Å². The molecule has 0 radical (unpaired) electrons. The Bertz CT molecular complexity index is 792. The highest BCUT2D eigenvalue weighted by atomic mass is 35.5. The van der Waals surface area contributed by atoms with Gasteiger partial charge in [0.2, 0.25) is 0 Å². The zero-order valence-electron chi connectivity index (χ0n) is 14.2. The number of hydrogen-bond acceptors (Lipinski definition) is 4. The second-order valence-electron chi connectivity index (χ2n) is 5.50. The number of anilines is 2. The molecule has 0 spiro atoms. The largest absolute Gasteiger partial charge is 0.465 e. The zero-order valence-corrected chi connectivity index (χ0v) is 16.6. The second-order valence-corrected chi connectivity index (χ2v) is 7.54. The van der Waals surface area contributed by atoms with Gasteiger partial charge in [0, 0.05) is 4.88 Å². The van der Waals surface area contributed by atoms with Crippen LogP contribution in [0.25, 0.3) is 0 Å².